The number of rotatable bonds is 9. The standard InChI is InChI=1S/C15H25N3O/c1-18(10-6-3-7-11-19)12-14(15(16)17)13-8-4-2-5-9-13/h2,4-5,8-9,14,19H,3,6-7,10-12H2,1H3,(H3,16,17). The topological polar surface area (TPSA) is 73.3 Å². The fraction of sp³-hybridized carbons (Fsp3) is 0.533. The van der Waals surface area contributed by atoms with Gasteiger partial charge in [0.05, 0.1) is 11.8 Å². The normalized spacial score (nSPS) is 12.6. The number of nitrogens with two attached hydrogens (primary N) is 1. The van der Waals surface area contributed by atoms with Crippen molar-refractivity contribution in [3.05, 3.63) is 35.9 Å². The van der Waals surface area contributed by atoms with Crippen LogP contribution in [0.5, 0.6) is 0 Å². The van der Waals surface area contributed by atoms with E-state index in [2.05, 4.69) is 11.9 Å². The number of benzene rings is 1. The first-order valence-corrected chi connectivity index (χ1v) is 6.83. The lowest BCUT2D eigenvalue weighted by Crippen LogP contribution is -2.32. The van der Waals surface area contributed by atoms with Gasteiger partial charge in [-0.3, -0.25) is 5.41 Å². The molecule has 0 aliphatic heterocycles. The summed E-state index contributed by atoms with van der Waals surface area (Å²) in [5, 5.41) is 16.5. The van der Waals surface area contributed by atoms with Crippen LogP contribution >= 0.6 is 0 Å². The maximum absolute atomic E-state index is 8.74. The van der Waals surface area contributed by atoms with Crippen molar-refractivity contribution in [3.8, 4) is 0 Å². The first kappa shape index (κ1) is 15.7. The molecular formula is C15H25N3O. The molecule has 1 unspecified atom stereocenters. The summed E-state index contributed by atoms with van der Waals surface area (Å²) in [4.78, 5) is 2.20. The summed E-state index contributed by atoms with van der Waals surface area (Å²) in [6, 6.07) is 9.97. The second-order valence-electron chi connectivity index (χ2n) is 4.97. The fourth-order valence-corrected chi connectivity index (χ4v) is 2.14. The molecule has 0 spiro atoms. The first-order valence-electron chi connectivity index (χ1n) is 6.83. The molecule has 0 bridgehead atoms. The molecule has 0 aliphatic rings. The van der Waals surface area contributed by atoms with Crippen LogP contribution < -0.4 is 5.73 Å². The number of amidine groups is 1. The monoisotopic (exact) mass is 263 g/mol. The molecule has 1 aromatic carbocycles. The Labute approximate surface area is 115 Å². The lowest BCUT2D eigenvalue weighted by Gasteiger charge is -2.23. The predicted octanol–water partition coefficient (Wildman–Crippen LogP) is 1.80. The van der Waals surface area contributed by atoms with Gasteiger partial charge >= 0.3 is 0 Å². The zero-order valence-electron chi connectivity index (χ0n) is 11.7. The van der Waals surface area contributed by atoms with Gasteiger partial charge in [0.2, 0.25) is 0 Å². The van der Waals surface area contributed by atoms with Crippen molar-refractivity contribution in [1.29, 1.82) is 5.41 Å². The highest BCUT2D eigenvalue weighted by molar-refractivity contribution is 5.84. The summed E-state index contributed by atoms with van der Waals surface area (Å²) >= 11 is 0. The van der Waals surface area contributed by atoms with Gasteiger partial charge in [-0.05, 0) is 38.4 Å². The van der Waals surface area contributed by atoms with E-state index in [4.69, 9.17) is 16.2 Å². The third kappa shape index (κ3) is 5.85. The molecule has 1 atom stereocenters. The molecule has 4 N–H and O–H groups in total. The van der Waals surface area contributed by atoms with E-state index in [1.165, 1.54) is 0 Å². The van der Waals surface area contributed by atoms with E-state index in [9.17, 15) is 0 Å². The van der Waals surface area contributed by atoms with E-state index < -0.39 is 0 Å². The van der Waals surface area contributed by atoms with E-state index in [-0.39, 0.29) is 18.4 Å². The number of aliphatic hydroxyl groups is 1. The molecule has 0 amide bonds. The number of likely N-dealkylation sites (N-methyl/N-ethyl adjacent to an activating group) is 1. The summed E-state index contributed by atoms with van der Waals surface area (Å²) in [5.74, 6) is 0.178. The van der Waals surface area contributed by atoms with Crippen molar-refractivity contribution >= 4 is 5.84 Å². The Morgan fingerprint density at radius 3 is 2.53 bits per heavy atom. The maximum atomic E-state index is 8.74. The van der Waals surface area contributed by atoms with Crippen LogP contribution in [0, 0.1) is 5.41 Å². The summed E-state index contributed by atoms with van der Waals surface area (Å²) in [6.07, 6.45) is 2.97. The number of nitrogens with zero attached hydrogens (tertiary/aromatic N) is 1. The van der Waals surface area contributed by atoms with Crippen LogP contribution in [0.3, 0.4) is 0 Å². The van der Waals surface area contributed by atoms with Crippen molar-refractivity contribution in [2.75, 3.05) is 26.7 Å². The van der Waals surface area contributed by atoms with Crippen LogP contribution in [0.4, 0.5) is 0 Å². The number of hydrogen-bond acceptors (Lipinski definition) is 3. The van der Waals surface area contributed by atoms with Gasteiger partial charge in [-0.1, -0.05) is 30.3 Å². The zero-order chi connectivity index (χ0) is 14.1. The van der Waals surface area contributed by atoms with Crippen molar-refractivity contribution in [3.63, 3.8) is 0 Å². The van der Waals surface area contributed by atoms with E-state index >= 15 is 0 Å². The summed E-state index contributed by atoms with van der Waals surface area (Å²) in [7, 11) is 2.05. The molecule has 4 heteroatoms. The largest absolute Gasteiger partial charge is 0.396 e. The highest BCUT2D eigenvalue weighted by Crippen LogP contribution is 2.16. The number of aliphatic hydroxyl groups excluding tert-OH is 1. The van der Waals surface area contributed by atoms with Gasteiger partial charge < -0.3 is 15.7 Å². The summed E-state index contributed by atoms with van der Waals surface area (Å²) < 4.78 is 0. The Hall–Kier alpha value is -1.39. The van der Waals surface area contributed by atoms with Crippen LogP contribution in [0.15, 0.2) is 30.3 Å². The molecule has 0 heterocycles. The second-order valence-corrected chi connectivity index (χ2v) is 4.97. The van der Waals surface area contributed by atoms with Gasteiger partial charge in [0, 0.05) is 13.2 Å². The van der Waals surface area contributed by atoms with Crippen molar-refractivity contribution in [1.82, 2.24) is 4.90 Å². The molecule has 0 fully saturated rings. The summed E-state index contributed by atoms with van der Waals surface area (Å²) in [5.41, 5.74) is 6.81. The van der Waals surface area contributed by atoms with Crippen LogP contribution in [-0.4, -0.2) is 42.6 Å². The van der Waals surface area contributed by atoms with Crippen LogP contribution in [0.25, 0.3) is 0 Å². The van der Waals surface area contributed by atoms with Crippen molar-refractivity contribution < 1.29 is 5.11 Å². The lowest BCUT2D eigenvalue weighted by atomic mass is 9.97. The fourth-order valence-electron chi connectivity index (χ4n) is 2.14. The third-order valence-corrected chi connectivity index (χ3v) is 3.27. The van der Waals surface area contributed by atoms with Gasteiger partial charge in [-0.2, -0.15) is 0 Å². The lowest BCUT2D eigenvalue weighted by molar-refractivity contribution is 0.272. The number of unbranched alkanes of at least 4 members (excludes halogenated alkanes) is 2. The van der Waals surface area contributed by atoms with Gasteiger partial charge in [-0.25, -0.2) is 0 Å². The zero-order valence-corrected chi connectivity index (χ0v) is 11.7. The highest BCUT2D eigenvalue weighted by atomic mass is 16.2. The number of nitrogens with one attached hydrogen (secondary N) is 1. The van der Waals surface area contributed by atoms with E-state index in [1.807, 2.05) is 30.3 Å². The molecular weight excluding hydrogens is 238 g/mol. The van der Waals surface area contributed by atoms with Crippen molar-refractivity contribution in [2.45, 2.75) is 25.2 Å². The van der Waals surface area contributed by atoms with E-state index in [0.29, 0.717) is 0 Å². The van der Waals surface area contributed by atoms with Crippen LogP contribution in [0.1, 0.15) is 30.7 Å². The highest BCUT2D eigenvalue weighted by Gasteiger charge is 2.16. The minimum atomic E-state index is -0.0379. The van der Waals surface area contributed by atoms with Gasteiger partial charge in [0.1, 0.15) is 0 Å². The molecule has 0 saturated carbocycles. The second kappa shape index (κ2) is 8.67. The smallest absolute Gasteiger partial charge is 0.0995 e. The minimum Gasteiger partial charge on any atom is -0.396 e. The average Bonchev–Trinajstić information content (AvgIpc) is 2.41. The van der Waals surface area contributed by atoms with Gasteiger partial charge in [-0.15, -0.1) is 0 Å². The van der Waals surface area contributed by atoms with Gasteiger partial charge in [0.25, 0.3) is 0 Å². The molecule has 0 saturated heterocycles. The molecule has 0 aliphatic carbocycles. The molecule has 19 heavy (non-hydrogen) atoms. The average molecular weight is 263 g/mol. The molecule has 1 aromatic rings. The van der Waals surface area contributed by atoms with E-state index in [1.54, 1.807) is 0 Å². The Morgan fingerprint density at radius 2 is 1.95 bits per heavy atom. The predicted molar refractivity (Wildman–Crippen MR) is 79.5 cm³/mol. The van der Waals surface area contributed by atoms with E-state index in [0.717, 1.165) is 37.9 Å². The molecule has 0 radical (unpaired) electrons. The molecule has 106 valence electrons. The Bertz CT molecular complexity index is 367. The molecule has 0 aromatic heterocycles. The first-order chi connectivity index (χ1) is 9.15. The SMILES string of the molecule is CN(CCCCCO)CC(C(=N)N)c1ccccc1. The van der Waals surface area contributed by atoms with Crippen molar-refractivity contribution in [2.24, 2.45) is 5.73 Å². The quantitative estimate of drug-likeness (QED) is 0.361. The Morgan fingerprint density at radius 1 is 1.26 bits per heavy atom. The van der Waals surface area contributed by atoms with Crippen LogP contribution in [0.2, 0.25) is 0 Å². The summed E-state index contributed by atoms with van der Waals surface area (Å²) in [6.45, 7) is 2.00. The molecule has 1 rings (SSSR count). The Balaban J connectivity index is 2.48. The molecule has 4 nitrogen and oxygen atoms in total. The Kier molecular flexibility index (Phi) is 7.15. The third-order valence-electron chi connectivity index (χ3n) is 3.27. The number of hydrogen-bond donors (Lipinski definition) is 3. The minimum absolute atomic E-state index is 0.0379. The van der Waals surface area contributed by atoms with Crippen LogP contribution in [-0.2, 0) is 0 Å². The maximum Gasteiger partial charge on any atom is 0.0995 e. The van der Waals surface area contributed by atoms with Gasteiger partial charge in [0.15, 0.2) is 0 Å².